The Balaban J connectivity index is 1.39. The van der Waals surface area contributed by atoms with E-state index in [4.69, 9.17) is 0 Å². The lowest BCUT2D eigenvalue weighted by molar-refractivity contribution is 0.0951. The first-order valence-electron chi connectivity index (χ1n) is 10.2. The molecule has 33 heavy (non-hydrogen) atoms. The Labute approximate surface area is 192 Å². The summed E-state index contributed by atoms with van der Waals surface area (Å²) in [6, 6.07) is 18.9. The molecule has 1 aromatic heterocycles. The lowest BCUT2D eigenvalue weighted by atomic mass is 10.1. The molecule has 0 bridgehead atoms. The molecule has 0 saturated carbocycles. The molecule has 0 fully saturated rings. The first-order chi connectivity index (χ1) is 15.8. The summed E-state index contributed by atoms with van der Waals surface area (Å²) in [6.07, 6.45) is 3.07. The normalized spacial score (nSPS) is 11.2. The Morgan fingerprint density at radius 2 is 1.70 bits per heavy atom. The van der Waals surface area contributed by atoms with Crippen LogP contribution in [0.1, 0.15) is 27.0 Å². The molecule has 4 aromatic rings. The Morgan fingerprint density at radius 3 is 2.36 bits per heavy atom. The Morgan fingerprint density at radius 1 is 0.970 bits per heavy atom. The molecule has 4 rings (SSSR count). The third kappa shape index (κ3) is 5.09. The maximum Gasteiger partial charge on any atom is 0.261 e. The second-order valence-electron chi connectivity index (χ2n) is 7.57. The van der Waals surface area contributed by atoms with Crippen LogP contribution in [-0.4, -0.2) is 29.1 Å². The van der Waals surface area contributed by atoms with Gasteiger partial charge in [0.25, 0.3) is 15.9 Å². The number of carbonyl (C=O) groups excluding carboxylic acids is 1. The average molecular weight is 462 g/mol. The second kappa shape index (κ2) is 9.25. The number of nitrogens with one attached hydrogen (secondary N) is 2. The van der Waals surface area contributed by atoms with Crippen molar-refractivity contribution in [2.24, 2.45) is 0 Å². The highest BCUT2D eigenvalue weighted by Crippen LogP contribution is 2.22. The number of carbonyl (C=O) groups is 1. The maximum atomic E-state index is 12.7. The van der Waals surface area contributed by atoms with Crippen molar-refractivity contribution in [2.45, 2.75) is 25.3 Å². The molecule has 0 unspecified atom stereocenters. The van der Waals surface area contributed by atoms with Gasteiger partial charge in [-0.05, 0) is 73.0 Å². The number of aryl methyl sites for hydroxylation is 1. The number of hydrogen-bond donors (Lipinski definition) is 2. The molecule has 0 aliphatic rings. The Bertz CT molecular complexity index is 1360. The number of aromatic nitrogens is 3. The van der Waals surface area contributed by atoms with Crippen LogP contribution < -0.4 is 10.0 Å². The van der Waals surface area contributed by atoms with E-state index in [0.29, 0.717) is 17.8 Å². The topological polar surface area (TPSA) is 106 Å². The predicted molar refractivity (Wildman–Crippen MR) is 126 cm³/mol. The van der Waals surface area contributed by atoms with Crippen molar-refractivity contribution < 1.29 is 13.2 Å². The molecule has 1 amide bonds. The van der Waals surface area contributed by atoms with Crippen LogP contribution in [-0.2, 0) is 16.6 Å². The van der Waals surface area contributed by atoms with Crippen molar-refractivity contribution in [1.82, 2.24) is 20.1 Å². The van der Waals surface area contributed by atoms with E-state index in [9.17, 15) is 13.2 Å². The third-order valence-corrected chi connectivity index (χ3v) is 6.73. The van der Waals surface area contributed by atoms with Gasteiger partial charge in [0, 0.05) is 12.1 Å². The number of nitrogens with zero attached hydrogens (tertiary/aromatic N) is 3. The van der Waals surface area contributed by atoms with Gasteiger partial charge >= 0.3 is 0 Å². The van der Waals surface area contributed by atoms with Gasteiger partial charge in [-0.1, -0.05) is 24.3 Å². The van der Waals surface area contributed by atoms with Gasteiger partial charge in [0.05, 0.1) is 16.3 Å². The number of benzene rings is 3. The van der Waals surface area contributed by atoms with Gasteiger partial charge in [0.1, 0.15) is 12.7 Å². The zero-order valence-corrected chi connectivity index (χ0v) is 19.0. The van der Waals surface area contributed by atoms with Crippen LogP contribution in [0.4, 0.5) is 5.69 Å². The molecule has 168 valence electrons. The molecule has 0 aliphatic heterocycles. The molecular weight excluding hydrogens is 438 g/mol. The van der Waals surface area contributed by atoms with Gasteiger partial charge in [-0.2, -0.15) is 5.10 Å². The van der Waals surface area contributed by atoms with E-state index in [1.807, 2.05) is 44.2 Å². The van der Waals surface area contributed by atoms with E-state index in [1.54, 1.807) is 23.1 Å². The molecule has 1 heterocycles. The smallest absolute Gasteiger partial charge is 0.261 e. The van der Waals surface area contributed by atoms with Gasteiger partial charge in [-0.25, -0.2) is 18.1 Å². The highest BCUT2D eigenvalue weighted by Gasteiger charge is 2.16. The summed E-state index contributed by atoms with van der Waals surface area (Å²) in [6.45, 7) is 4.12. The van der Waals surface area contributed by atoms with Gasteiger partial charge < -0.3 is 5.32 Å². The SMILES string of the molecule is Cc1cccc(NS(=O)(=O)c2ccc(C(=O)NCc3ccc(-n4cncn4)cc3)cc2)c1C. The second-order valence-corrected chi connectivity index (χ2v) is 9.25. The molecule has 0 spiro atoms. The summed E-state index contributed by atoms with van der Waals surface area (Å²) in [5.74, 6) is -0.290. The quantitative estimate of drug-likeness (QED) is 0.437. The molecule has 9 heteroatoms. The number of sulfonamides is 1. The van der Waals surface area contributed by atoms with Crippen molar-refractivity contribution >= 4 is 21.6 Å². The van der Waals surface area contributed by atoms with Crippen molar-refractivity contribution in [3.05, 3.63) is 102 Å². The van der Waals surface area contributed by atoms with Crippen LogP contribution in [0.2, 0.25) is 0 Å². The van der Waals surface area contributed by atoms with Crippen molar-refractivity contribution in [3.8, 4) is 5.69 Å². The monoisotopic (exact) mass is 461 g/mol. The average Bonchev–Trinajstić information content (AvgIpc) is 3.36. The predicted octanol–water partition coefficient (Wildman–Crippen LogP) is 3.61. The largest absolute Gasteiger partial charge is 0.348 e. The van der Waals surface area contributed by atoms with E-state index in [-0.39, 0.29) is 10.8 Å². The zero-order valence-electron chi connectivity index (χ0n) is 18.2. The van der Waals surface area contributed by atoms with Crippen molar-refractivity contribution in [3.63, 3.8) is 0 Å². The minimum absolute atomic E-state index is 0.0867. The molecule has 8 nitrogen and oxygen atoms in total. The lowest BCUT2D eigenvalue weighted by Crippen LogP contribution is -2.23. The molecular formula is C24H23N5O3S. The molecule has 3 aromatic carbocycles. The molecule has 0 saturated heterocycles. The fourth-order valence-electron chi connectivity index (χ4n) is 3.24. The minimum Gasteiger partial charge on any atom is -0.348 e. The summed E-state index contributed by atoms with van der Waals surface area (Å²) in [7, 11) is -3.77. The van der Waals surface area contributed by atoms with Crippen LogP contribution in [0, 0.1) is 13.8 Å². The Kier molecular flexibility index (Phi) is 6.23. The van der Waals surface area contributed by atoms with E-state index < -0.39 is 10.0 Å². The van der Waals surface area contributed by atoms with Gasteiger partial charge in [-0.15, -0.1) is 0 Å². The van der Waals surface area contributed by atoms with Crippen LogP contribution in [0.25, 0.3) is 5.69 Å². The van der Waals surface area contributed by atoms with Crippen molar-refractivity contribution in [2.75, 3.05) is 4.72 Å². The van der Waals surface area contributed by atoms with E-state index in [1.165, 1.54) is 30.6 Å². The van der Waals surface area contributed by atoms with Crippen LogP contribution in [0.15, 0.2) is 84.3 Å². The first kappa shape index (κ1) is 22.2. The standard InChI is InChI=1S/C24H23N5O3S/c1-17-4-3-5-23(18(17)2)28-33(31,32)22-12-8-20(9-13-22)24(30)26-14-19-6-10-21(11-7-19)29-16-25-15-27-29/h3-13,15-16,28H,14H2,1-2H3,(H,26,30). The number of anilines is 1. The highest BCUT2D eigenvalue weighted by molar-refractivity contribution is 7.92. The zero-order chi connectivity index (χ0) is 23.4. The maximum absolute atomic E-state index is 12.7. The van der Waals surface area contributed by atoms with Crippen LogP contribution in [0.3, 0.4) is 0 Å². The van der Waals surface area contributed by atoms with Gasteiger partial charge in [-0.3, -0.25) is 9.52 Å². The van der Waals surface area contributed by atoms with Gasteiger partial charge in [0.2, 0.25) is 0 Å². The lowest BCUT2D eigenvalue weighted by Gasteiger charge is -2.12. The molecule has 2 N–H and O–H groups in total. The minimum atomic E-state index is -3.77. The highest BCUT2D eigenvalue weighted by atomic mass is 32.2. The fraction of sp³-hybridized carbons (Fsp3) is 0.125. The van der Waals surface area contributed by atoms with Gasteiger partial charge in [0.15, 0.2) is 0 Å². The van der Waals surface area contributed by atoms with Crippen molar-refractivity contribution in [1.29, 1.82) is 0 Å². The summed E-state index contributed by atoms with van der Waals surface area (Å²) < 4.78 is 29.8. The number of rotatable bonds is 7. The number of amides is 1. The summed E-state index contributed by atoms with van der Waals surface area (Å²) in [4.78, 5) is 16.5. The van der Waals surface area contributed by atoms with E-state index in [0.717, 1.165) is 22.4 Å². The summed E-state index contributed by atoms with van der Waals surface area (Å²) in [5.41, 5.74) is 4.56. The molecule has 0 aliphatic carbocycles. The van der Waals surface area contributed by atoms with E-state index >= 15 is 0 Å². The third-order valence-electron chi connectivity index (χ3n) is 5.35. The molecule has 0 radical (unpaired) electrons. The van der Waals surface area contributed by atoms with Crippen LogP contribution in [0.5, 0.6) is 0 Å². The van der Waals surface area contributed by atoms with Crippen LogP contribution >= 0.6 is 0 Å². The molecule has 0 atom stereocenters. The summed E-state index contributed by atoms with van der Waals surface area (Å²) >= 11 is 0. The fourth-order valence-corrected chi connectivity index (χ4v) is 4.37. The first-order valence-corrected chi connectivity index (χ1v) is 11.7. The Hall–Kier alpha value is -3.98. The summed E-state index contributed by atoms with van der Waals surface area (Å²) in [5, 5.41) is 6.92. The van der Waals surface area contributed by atoms with E-state index in [2.05, 4.69) is 20.1 Å². The number of hydrogen-bond acceptors (Lipinski definition) is 5.